The second-order valence-electron chi connectivity index (χ2n) is 3.11. The third-order valence-electron chi connectivity index (χ3n) is 1.45. The summed E-state index contributed by atoms with van der Waals surface area (Å²) in [5.74, 6) is 0. The molecular formula is C9H12NO. The van der Waals surface area contributed by atoms with Crippen molar-refractivity contribution in [3.05, 3.63) is 36.5 Å². The first-order chi connectivity index (χ1) is 5.00. The van der Waals surface area contributed by atoms with Crippen LogP contribution >= 0.6 is 0 Å². The smallest absolute Gasteiger partial charge is 0.101 e. The molecule has 0 aliphatic carbocycles. The summed E-state index contributed by atoms with van der Waals surface area (Å²) >= 11 is 0. The van der Waals surface area contributed by atoms with Gasteiger partial charge in [0.2, 0.25) is 0 Å². The zero-order chi connectivity index (χ0) is 8.48. The molecule has 2 heteroatoms. The molecule has 1 aromatic heterocycles. The second kappa shape index (κ2) is 2.62. The standard InChI is InChI=1S/C9H12NO/c1-7-4-5-10-8(6-7)9(2,3)11/h4-6,11H,1H2,2-3H3. The van der Waals surface area contributed by atoms with Gasteiger partial charge in [0.1, 0.15) is 5.60 Å². The number of aromatic nitrogens is 1. The number of pyridine rings is 1. The van der Waals surface area contributed by atoms with E-state index in [9.17, 15) is 5.11 Å². The first-order valence-corrected chi connectivity index (χ1v) is 3.51. The van der Waals surface area contributed by atoms with Crippen LogP contribution in [-0.4, -0.2) is 10.1 Å². The molecule has 1 N–H and O–H groups in total. The summed E-state index contributed by atoms with van der Waals surface area (Å²) in [6, 6.07) is 3.58. The van der Waals surface area contributed by atoms with Crippen molar-refractivity contribution < 1.29 is 5.11 Å². The van der Waals surface area contributed by atoms with Crippen LogP contribution in [0.3, 0.4) is 0 Å². The zero-order valence-corrected chi connectivity index (χ0v) is 6.83. The topological polar surface area (TPSA) is 33.1 Å². The van der Waals surface area contributed by atoms with Gasteiger partial charge in [-0.2, -0.15) is 0 Å². The van der Waals surface area contributed by atoms with Crippen LogP contribution in [0, 0.1) is 6.92 Å². The van der Waals surface area contributed by atoms with Crippen LogP contribution in [0.1, 0.15) is 25.1 Å². The van der Waals surface area contributed by atoms with Crippen molar-refractivity contribution >= 4 is 0 Å². The molecule has 0 saturated carbocycles. The number of hydrogen-bond acceptors (Lipinski definition) is 2. The predicted octanol–water partition coefficient (Wildman–Crippen LogP) is 1.49. The van der Waals surface area contributed by atoms with E-state index in [0.29, 0.717) is 5.69 Å². The molecule has 1 radical (unpaired) electrons. The Hall–Kier alpha value is -0.890. The van der Waals surface area contributed by atoms with Gasteiger partial charge >= 0.3 is 0 Å². The van der Waals surface area contributed by atoms with Gasteiger partial charge in [-0.3, -0.25) is 4.98 Å². The fraction of sp³-hybridized carbons (Fsp3) is 0.333. The molecule has 1 heterocycles. The summed E-state index contributed by atoms with van der Waals surface area (Å²) in [5.41, 5.74) is 0.662. The van der Waals surface area contributed by atoms with E-state index >= 15 is 0 Å². The van der Waals surface area contributed by atoms with E-state index in [1.54, 1.807) is 32.2 Å². The summed E-state index contributed by atoms with van der Waals surface area (Å²) < 4.78 is 0. The maximum atomic E-state index is 9.52. The molecule has 11 heavy (non-hydrogen) atoms. The highest BCUT2D eigenvalue weighted by Crippen LogP contribution is 2.16. The van der Waals surface area contributed by atoms with Crippen molar-refractivity contribution in [2.75, 3.05) is 0 Å². The lowest BCUT2D eigenvalue weighted by molar-refractivity contribution is 0.0738. The van der Waals surface area contributed by atoms with Gasteiger partial charge in [-0.1, -0.05) is 0 Å². The molecule has 0 unspecified atom stereocenters. The van der Waals surface area contributed by atoms with Crippen molar-refractivity contribution in [2.24, 2.45) is 0 Å². The third-order valence-corrected chi connectivity index (χ3v) is 1.45. The Morgan fingerprint density at radius 1 is 1.55 bits per heavy atom. The van der Waals surface area contributed by atoms with Crippen molar-refractivity contribution in [1.29, 1.82) is 0 Å². The summed E-state index contributed by atoms with van der Waals surface area (Å²) in [6.07, 6.45) is 1.65. The molecule has 2 nitrogen and oxygen atoms in total. The minimum atomic E-state index is -0.867. The Labute approximate surface area is 66.9 Å². The molecule has 0 aliphatic rings. The molecule has 0 bridgehead atoms. The van der Waals surface area contributed by atoms with Crippen LogP contribution in [0.2, 0.25) is 0 Å². The van der Waals surface area contributed by atoms with Crippen molar-refractivity contribution in [3.8, 4) is 0 Å². The van der Waals surface area contributed by atoms with Crippen LogP contribution in [0.15, 0.2) is 18.3 Å². The van der Waals surface area contributed by atoms with E-state index in [0.717, 1.165) is 5.56 Å². The highest BCUT2D eigenvalue weighted by atomic mass is 16.3. The predicted molar refractivity (Wildman–Crippen MR) is 43.9 cm³/mol. The van der Waals surface area contributed by atoms with Gasteiger partial charge < -0.3 is 5.11 Å². The lowest BCUT2D eigenvalue weighted by Gasteiger charge is -2.16. The fourth-order valence-electron chi connectivity index (χ4n) is 0.809. The summed E-state index contributed by atoms with van der Waals surface area (Å²) in [7, 11) is 0. The van der Waals surface area contributed by atoms with Crippen molar-refractivity contribution in [2.45, 2.75) is 19.4 Å². The van der Waals surface area contributed by atoms with Gasteiger partial charge in [0.05, 0.1) is 5.69 Å². The number of nitrogens with zero attached hydrogens (tertiary/aromatic N) is 1. The molecule has 0 atom stereocenters. The summed E-state index contributed by atoms with van der Waals surface area (Å²) in [4.78, 5) is 4.02. The average molecular weight is 150 g/mol. The molecule has 0 aliphatic heterocycles. The highest BCUT2D eigenvalue weighted by Gasteiger charge is 2.16. The number of hydrogen-bond donors (Lipinski definition) is 1. The Kier molecular flexibility index (Phi) is 1.96. The molecule has 59 valence electrons. The van der Waals surface area contributed by atoms with Gasteiger partial charge in [0, 0.05) is 6.20 Å². The SMILES string of the molecule is [CH2]c1ccnc(C(C)(C)O)c1. The normalized spacial score (nSPS) is 11.6. The lowest BCUT2D eigenvalue weighted by Crippen LogP contribution is -2.17. The van der Waals surface area contributed by atoms with Crippen LogP contribution in [0.5, 0.6) is 0 Å². The molecule has 1 rings (SSSR count). The summed E-state index contributed by atoms with van der Waals surface area (Å²) in [6.45, 7) is 7.15. The van der Waals surface area contributed by atoms with E-state index < -0.39 is 5.60 Å². The fourth-order valence-corrected chi connectivity index (χ4v) is 0.809. The van der Waals surface area contributed by atoms with Gasteiger partial charge in [0.15, 0.2) is 0 Å². The zero-order valence-electron chi connectivity index (χ0n) is 6.83. The Bertz CT molecular complexity index is 250. The largest absolute Gasteiger partial charge is 0.384 e. The van der Waals surface area contributed by atoms with Crippen LogP contribution < -0.4 is 0 Å². The summed E-state index contributed by atoms with van der Waals surface area (Å²) in [5, 5.41) is 9.52. The maximum absolute atomic E-state index is 9.52. The van der Waals surface area contributed by atoms with Crippen LogP contribution in [0.25, 0.3) is 0 Å². The number of rotatable bonds is 1. The van der Waals surface area contributed by atoms with Gasteiger partial charge in [-0.15, -0.1) is 0 Å². The van der Waals surface area contributed by atoms with Crippen LogP contribution in [0.4, 0.5) is 0 Å². The van der Waals surface area contributed by atoms with Crippen LogP contribution in [-0.2, 0) is 5.60 Å². The van der Waals surface area contributed by atoms with E-state index in [1.807, 2.05) is 0 Å². The van der Waals surface area contributed by atoms with Gasteiger partial charge in [-0.05, 0) is 38.5 Å². The third kappa shape index (κ3) is 2.02. The van der Waals surface area contributed by atoms with Gasteiger partial charge in [0.25, 0.3) is 0 Å². The Morgan fingerprint density at radius 2 is 2.18 bits per heavy atom. The molecular weight excluding hydrogens is 138 g/mol. The van der Waals surface area contributed by atoms with E-state index in [-0.39, 0.29) is 0 Å². The average Bonchev–Trinajstić information content (AvgIpc) is 1.86. The molecule has 0 aromatic carbocycles. The molecule has 0 fully saturated rings. The van der Waals surface area contributed by atoms with Crippen molar-refractivity contribution in [3.63, 3.8) is 0 Å². The maximum Gasteiger partial charge on any atom is 0.101 e. The lowest BCUT2D eigenvalue weighted by atomic mass is 10.0. The minimum absolute atomic E-state index is 0.657. The molecule has 0 amide bonds. The second-order valence-corrected chi connectivity index (χ2v) is 3.11. The quantitative estimate of drug-likeness (QED) is 0.658. The van der Waals surface area contributed by atoms with E-state index in [2.05, 4.69) is 11.9 Å². The first kappa shape index (κ1) is 8.21. The molecule has 0 saturated heterocycles. The Morgan fingerprint density at radius 3 is 2.55 bits per heavy atom. The van der Waals surface area contributed by atoms with Crippen molar-refractivity contribution in [1.82, 2.24) is 4.98 Å². The first-order valence-electron chi connectivity index (χ1n) is 3.51. The highest BCUT2D eigenvalue weighted by molar-refractivity contribution is 5.21. The molecule has 0 spiro atoms. The van der Waals surface area contributed by atoms with Gasteiger partial charge in [-0.25, -0.2) is 0 Å². The molecule has 1 aromatic rings. The number of aliphatic hydroxyl groups is 1. The minimum Gasteiger partial charge on any atom is -0.384 e. The van der Waals surface area contributed by atoms with E-state index in [4.69, 9.17) is 0 Å². The van der Waals surface area contributed by atoms with E-state index in [1.165, 1.54) is 0 Å². The Balaban J connectivity index is 3.06. The monoisotopic (exact) mass is 150 g/mol.